The second-order valence-corrected chi connectivity index (χ2v) is 4.50. The average Bonchev–Trinajstić information content (AvgIpc) is 1.87. The maximum atomic E-state index is 10.6. The van der Waals surface area contributed by atoms with Gasteiger partial charge in [-0.25, -0.2) is 8.42 Å². The summed E-state index contributed by atoms with van der Waals surface area (Å²) < 4.78 is 30.4. The molecule has 0 aliphatic carbocycles. The number of methoxy groups -OCH3 is 1. The van der Waals surface area contributed by atoms with E-state index in [1.54, 1.807) is 0 Å². The van der Waals surface area contributed by atoms with E-state index in [1.165, 1.54) is 7.11 Å². The molecule has 0 amide bonds. The van der Waals surface area contributed by atoms with Gasteiger partial charge in [-0.3, -0.25) is 0 Å². The van der Waals surface area contributed by atoms with Gasteiger partial charge in [-0.1, -0.05) is 6.92 Å². The van der Waals surface area contributed by atoms with Gasteiger partial charge in [0.05, 0.1) is 6.61 Å². The fourth-order valence-electron chi connectivity index (χ4n) is 0.478. The van der Waals surface area contributed by atoms with Gasteiger partial charge in [0.15, 0.2) is 0 Å². The van der Waals surface area contributed by atoms with Crippen LogP contribution < -0.4 is 0 Å². The highest BCUT2D eigenvalue weighted by atomic mass is 35.7. The van der Waals surface area contributed by atoms with Crippen molar-refractivity contribution in [1.29, 1.82) is 0 Å². The van der Waals surface area contributed by atoms with Crippen molar-refractivity contribution in [1.82, 2.24) is 0 Å². The highest BCUT2D eigenvalue weighted by molar-refractivity contribution is 8.14. The molecule has 0 rings (SSSR count). The first-order valence-corrected chi connectivity index (χ1v) is 5.47. The van der Waals surface area contributed by atoms with Crippen LogP contribution in [0.2, 0.25) is 0 Å². The third-order valence-corrected chi connectivity index (χ3v) is 2.11. The topological polar surface area (TPSA) is 52.6 Å². The quantitative estimate of drug-likeness (QED) is 0.491. The van der Waals surface area contributed by atoms with Crippen LogP contribution in [0.1, 0.15) is 13.3 Å². The molecule has 0 aliphatic rings. The molecule has 0 fully saturated rings. The van der Waals surface area contributed by atoms with E-state index < -0.39 is 14.7 Å². The normalized spacial score (nSPS) is 14.8. The summed E-state index contributed by atoms with van der Waals surface area (Å²) in [4.78, 5) is 0. The van der Waals surface area contributed by atoms with Crippen LogP contribution in [0.3, 0.4) is 0 Å². The van der Waals surface area contributed by atoms with Crippen LogP contribution >= 0.6 is 10.7 Å². The molecule has 0 aromatic heterocycles. The minimum atomic E-state index is -3.76. The van der Waals surface area contributed by atoms with Gasteiger partial charge in [-0.05, 0) is 6.42 Å². The van der Waals surface area contributed by atoms with Crippen molar-refractivity contribution in [3.63, 3.8) is 0 Å². The summed E-state index contributed by atoms with van der Waals surface area (Å²) in [6, 6.07) is 0. The molecule has 0 aromatic rings. The molecule has 0 aromatic carbocycles. The van der Waals surface area contributed by atoms with Crippen molar-refractivity contribution in [3.05, 3.63) is 0 Å². The fraction of sp³-hybridized carbons (Fsp3) is 1.00. The average molecular weight is 203 g/mol. The van der Waals surface area contributed by atoms with Crippen molar-refractivity contribution in [2.75, 3.05) is 13.7 Å². The Balaban J connectivity index is 3.97. The molecular weight excluding hydrogens is 192 g/mol. The van der Waals surface area contributed by atoms with E-state index >= 15 is 0 Å². The first kappa shape index (κ1) is 11.2. The number of hydrogen-bond donors (Lipinski definition) is 0. The number of ether oxygens (including phenoxy) is 2. The van der Waals surface area contributed by atoms with Crippen molar-refractivity contribution in [2.45, 2.75) is 19.0 Å². The summed E-state index contributed by atoms with van der Waals surface area (Å²) >= 11 is 0. The van der Waals surface area contributed by atoms with Crippen LogP contribution in [0, 0.1) is 0 Å². The molecule has 1 unspecified atom stereocenters. The van der Waals surface area contributed by atoms with Gasteiger partial charge in [-0.2, -0.15) is 0 Å². The second-order valence-electron chi connectivity index (χ2n) is 1.87. The van der Waals surface area contributed by atoms with Crippen molar-refractivity contribution in [2.24, 2.45) is 0 Å². The van der Waals surface area contributed by atoms with Crippen LogP contribution in [-0.4, -0.2) is 27.8 Å². The minimum absolute atomic E-state index is 0.310. The van der Waals surface area contributed by atoms with Gasteiger partial charge in [-0.15, -0.1) is 0 Å². The predicted molar refractivity (Wildman–Crippen MR) is 41.8 cm³/mol. The van der Waals surface area contributed by atoms with E-state index in [-0.39, 0.29) is 0 Å². The lowest BCUT2D eigenvalue weighted by Crippen LogP contribution is -2.22. The molecule has 0 radical (unpaired) electrons. The zero-order chi connectivity index (χ0) is 8.91. The Kier molecular flexibility index (Phi) is 4.99. The van der Waals surface area contributed by atoms with Crippen molar-refractivity contribution < 1.29 is 17.9 Å². The van der Waals surface area contributed by atoms with Gasteiger partial charge in [0.1, 0.15) is 0 Å². The van der Waals surface area contributed by atoms with E-state index in [9.17, 15) is 8.42 Å². The van der Waals surface area contributed by atoms with E-state index in [0.29, 0.717) is 13.0 Å². The van der Waals surface area contributed by atoms with Crippen LogP contribution in [0.4, 0.5) is 0 Å². The monoisotopic (exact) mass is 202 g/mol. The van der Waals surface area contributed by atoms with Gasteiger partial charge < -0.3 is 9.47 Å². The maximum Gasteiger partial charge on any atom is 0.285 e. The van der Waals surface area contributed by atoms with E-state index in [0.717, 1.165) is 0 Å². The standard InChI is InChI=1S/C5H11ClO4S/c1-3-4-10-5(9-2)11(6,7)8/h5H,3-4H2,1-2H3. The van der Waals surface area contributed by atoms with E-state index in [1.807, 2.05) is 6.92 Å². The molecule has 68 valence electrons. The molecule has 0 saturated heterocycles. The second kappa shape index (κ2) is 4.92. The van der Waals surface area contributed by atoms with Crippen LogP contribution in [0.25, 0.3) is 0 Å². The summed E-state index contributed by atoms with van der Waals surface area (Å²) in [6.45, 7) is 2.16. The SMILES string of the molecule is CCCOC(OC)S(=O)(=O)Cl. The molecule has 1 atom stereocenters. The molecule has 0 aliphatic heterocycles. The minimum Gasteiger partial charge on any atom is -0.342 e. The smallest absolute Gasteiger partial charge is 0.285 e. The van der Waals surface area contributed by atoms with Crippen molar-refractivity contribution in [3.8, 4) is 0 Å². The lowest BCUT2D eigenvalue weighted by molar-refractivity contribution is -0.0649. The molecule has 6 heteroatoms. The van der Waals surface area contributed by atoms with Gasteiger partial charge in [0.2, 0.25) is 0 Å². The molecular formula is C5H11ClO4S. The zero-order valence-electron chi connectivity index (χ0n) is 6.41. The fourth-order valence-corrected chi connectivity index (χ4v) is 1.34. The molecule has 0 heterocycles. The Bertz CT molecular complexity index is 189. The first-order valence-electron chi connectivity index (χ1n) is 3.10. The molecule has 11 heavy (non-hydrogen) atoms. The summed E-state index contributed by atoms with van der Waals surface area (Å²) in [5, 5.41) is 0. The molecule has 0 bridgehead atoms. The van der Waals surface area contributed by atoms with Crippen LogP contribution in [0.5, 0.6) is 0 Å². The summed E-state index contributed by atoms with van der Waals surface area (Å²) in [5.41, 5.74) is -1.34. The van der Waals surface area contributed by atoms with Crippen LogP contribution in [-0.2, 0) is 18.5 Å². The third kappa shape index (κ3) is 4.58. The Hall–Kier alpha value is 0.160. The van der Waals surface area contributed by atoms with Gasteiger partial charge in [0, 0.05) is 17.8 Å². The zero-order valence-corrected chi connectivity index (χ0v) is 7.98. The van der Waals surface area contributed by atoms with Crippen LogP contribution in [0.15, 0.2) is 0 Å². The lowest BCUT2D eigenvalue weighted by atomic mass is 10.5. The van der Waals surface area contributed by atoms with Gasteiger partial charge >= 0.3 is 0 Å². The molecule has 0 saturated carbocycles. The third-order valence-electron chi connectivity index (χ3n) is 0.880. The highest BCUT2D eigenvalue weighted by Crippen LogP contribution is 2.09. The number of rotatable bonds is 5. The molecule has 4 nitrogen and oxygen atoms in total. The summed E-state index contributed by atoms with van der Waals surface area (Å²) in [7, 11) is 2.42. The number of hydrogen-bond acceptors (Lipinski definition) is 4. The van der Waals surface area contributed by atoms with Crippen molar-refractivity contribution >= 4 is 19.7 Å². The Morgan fingerprint density at radius 1 is 1.55 bits per heavy atom. The maximum absolute atomic E-state index is 10.6. The first-order chi connectivity index (χ1) is 5.02. The Morgan fingerprint density at radius 2 is 2.09 bits per heavy atom. The van der Waals surface area contributed by atoms with Gasteiger partial charge in [0.25, 0.3) is 14.7 Å². The largest absolute Gasteiger partial charge is 0.342 e. The summed E-state index contributed by atoms with van der Waals surface area (Å²) in [5.74, 6) is 0. The summed E-state index contributed by atoms with van der Waals surface area (Å²) in [6.07, 6.45) is 0.715. The lowest BCUT2D eigenvalue weighted by Gasteiger charge is -2.11. The van der Waals surface area contributed by atoms with E-state index in [2.05, 4.69) is 4.74 Å². The highest BCUT2D eigenvalue weighted by Gasteiger charge is 2.22. The number of halogens is 1. The molecule has 0 N–H and O–H groups in total. The molecule has 0 spiro atoms. The Morgan fingerprint density at radius 3 is 2.36 bits per heavy atom. The predicted octanol–water partition coefficient (Wildman–Crippen LogP) is 0.912. The Labute approximate surface area is 70.9 Å². The van der Waals surface area contributed by atoms with E-state index in [4.69, 9.17) is 15.4 Å².